The summed E-state index contributed by atoms with van der Waals surface area (Å²) in [7, 11) is 0. The van der Waals surface area contributed by atoms with E-state index in [9.17, 15) is 4.79 Å². The second-order valence-electron chi connectivity index (χ2n) is 5.46. The van der Waals surface area contributed by atoms with Gasteiger partial charge in [0.05, 0.1) is 18.7 Å². The highest BCUT2D eigenvalue weighted by Gasteiger charge is 2.42. The van der Waals surface area contributed by atoms with Gasteiger partial charge in [-0.2, -0.15) is 0 Å². The average molecular weight is 276 g/mol. The number of aryl methyl sites for hydroxylation is 1. The van der Waals surface area contributed by atoms with E-state index >= 15 is 0 Å². The number of furan rings is 1. The summed E-state index contributed by atoms with van der Waals surface area (Å²) in [6, 6.07) is 4.11. The van der Waals surface area contributed by atoms with Gasteiger partial charge in [-0.05, 0) is 19.1 Å². The molecule has 5 nitrogen and oxygen atoms in total. The van der Waals surface area contributed by atoms with Gasteiger partial charge < -0.3 is 14.1 Å². The first-order chi connectivity index (χ1) is 9.67. The summed E-state index contributed by atoms with van der Waals surface area (Å²) in [6.07, 6.45) is 1.88. The molecule has 3 rings (SSSR count). The van der Waals surface area contributed by atoms with Gasteiger partial charge in [0.15, 0.2) is 0 Å². The van der Waals surface area contributed by atoms with Crippen molar-refractivity contribution >= 4 is 5.91 Å². The van der Waals surface area contributed by atoms with Gasteiger partial charge in [0.25, 0.3) is 0 Å². The van der Waals surface area contributed by atoms with Crippen LogP contribution in [0.1, 0.15) is 11.5 Å². The fourth-order valence-corrected chi connectivity index (χ4v) is 3.04. The Balaban J connectivity index is 1.67. The number of ether oxygens (including phenoxy) is 1. The van der Waals surface area contributed by atoms with Crippen LogP contribution < -0.4 is 0 Å². The molecule has 0 unspecified atom stereocenters. The molecule has 2 aliphatic rings. The van der Waals surface area contributed by atoms with Crippen LogP contribution >= 0.6 is 0 Å². The van der Waals surface area contributed by atoms with Crippen molar-refractivity contribution in [3.05, 3.63) is 36.3 Å². The Morgan fingerprint density at radius 3 is 3.00 bits per heavy atom. The number of hydrogen-bond donors (Lipinski definition) is 0. The summed E-state index contributed by atoms with van der Waals surface area (Å²) < 4.78 is 11.3. The van der Waals surface area contributed by atoms with Crippen molar-refractivity contribution < 1.29 is 13.9 Å². The topological polar surface area (TPSA) is 45.9 Å². The number of hydrogen-bond acceptors (Lipinski definition) is 4. The average Bonchev–Trinajstić information content (AvgIpc) is 3.00. The van der Waals surface area contributed by atoms with Gasteiger partial charge in [-0.1, -0.05) is 6.08 Å². The van der Waals surface area contributed by atoms with Crippen LogP contribution in [0.4, 0.5) is 0 Å². The van der Waals surface area contributed by atoms with Crippen molar-refractivity contribution in [2.45, 2.75) is 25.6 Å². The van der Waals surface area contributed by atoms with Crippen LogP contribution in [-0.2, 0) is 16.1 Å². The van der Waals surface area contributed by atoms with E-state index in [4.69, 9.17) is 9.15 Å². The lowest BCUT2D eigenvalue weighted by atomic mass is 10.1. The number of nitrogens with zero attached hydrogens (tertiary/aromatic N) is 2. The summed E-state index contributed by atoms with van der Waals surface area (Å²) in [5.74, 6) is 1.95. The van der Waals surface area contributed by atoms with E-state index in [-0.39, 0.29) is 24.7 Å². The Morgan fingerprint density at radius 2 is 2.30 bits per heavy atom. The molecule has 1 aromatic rings. The number of morpholine rings is 1. The van der Waals surface area contributed by atoms with Crippen LogP contribution in [0.15, 0.2) is 29.2 Å². The normalized spacial score (nSPS) is 26.9. The van der Waals surface area contributed by atoms with Crippen LogP contribution in [0.2, 0.25) is 0 Å². The van der Waals surface area contributed by atoms with Crippen LogP contribution in [0.25, 0.3) is 0 Å². The molecule has 0 aliphatic carbocycles. The third-order valence-electron chi connectivity index (χ3n) is 3.96. The minimum Gasteiger partial charge on any atom is -0.465 e. The molecule has 0 aromatic carbocycles. The van der Waals surface area contributed by atoms with E-state index in [2.05, 4.69) is 11.5 Å². The smallest absolute Gasteiger partial charge is 0.249 e. The molecule has 108 valence electrons. The first-order valence-electron chi connectivity index (χ1n) is 6.97. The van der Waals surface area contributed by atoms with Crippen molar-refractivity contribution in [2.24, 2.45) is 0 Å². The second-order valence-corrected chi connectivity index (χ2v) is 5.46. The molecule has 0 spiro atoms. The summed E-state index contributed by atoms with van der Waals surface area (Å²) in [6.45, 7) is 8.88. The largest absolute Gasteiger partial charge is 0.465 e. The fraction of sp³-hybridized carbons (Fsp3) is 0.533. The van der Waals surface area contributed by atoms with Gasteiger partial charge in [0.1, 0.15) is 18.1 Å². The zero-order chi connectivity index (χ0) is 14.1. The highest BCUT2D eigenvalue weighted by Crippen LogP contribution is 2.25. The van der Waals surface area contributed by atoms with Crippen LogP contribution in [0, 0.1) is 6.92 Å². The maximum Gasteiger partial charge on any atom is 0.249 e. The first-order valence-corrected chi connectivity index (χ1v) is 6.97. The van der Waals surface area contributed by atoms with Crippen LogP contribution in [0.5, 0.6) is 0 Å². The van der Waals surface area contributed by atoms with E-state index in [1.165, 1.54) is 0 Å². The zero-order valence-corrected chi connectivity index (χ0v) is 11.7. The molecule has 3 heterocycles. The van der Waals surface area contributed by atoms with E-state index in [0.29, 0.717) is 6.54 Å². The number of carbonyl (C=O) groups is 1. The van der Waals surface area contributed by atoms with E-state index in [0.717, 1.165) is 31.2 Å². The Kier molecular flexibility index (Phi) is 3.63. The molecule has 1 amide bonds. The molecule has 2 atom stereocenters. The molecule has 0 saturated carbocycles. The molecule has 2 fully saturated rings. The first kappa shape index (κ1) is 13.4. The predicted molar refractivity (Wildman–Crippen MR) is 74.2 cm³/mol. The molecule has 0 N–H and O–H groups in total. The van der Waals surface area contributed by atoms with Crippen molar-refractivity contribution in [2.75, 3.05) is 26.2 Å². The number of rotatable bonds is 4. The van der Waals surface area contributed by atoms with Crippen molar-refractivity contribution in [1.29, 1.82) is 0 Å². The maximum absolute atomic E-state index is 11.9. The van der Waals surface area contributed by atoms with Gasteiger partial charge >= 0.3 is 0 Å². The molecular formula is C15H20N2O3. The minimum absolute atomic E-state index is 0.0573. The number of carbonyl (C=O) groups excluding carboxylic acids is 1. The van der Waals surface area contributed by atoms with Crippen LogP contribution in [0.3, 0.4) is 0 Å². The van der Waals surface area contributed by atoms with Gasteiger partial charge in [-0.25, -0.2) is 0 Å². The molecule has 0 bridgehead atoms. The van der Waals surface area contributed by atoms with Gasteiger partial charge in [0.2, 0.25) is 5.91 Å². The lowest BCUT2D eigenvalue weighted by Crippen LogP contribution is -2.53. The lowest BCUT2D eigenvalue weighted by molar-refractivity contribution is -0.151. The summed E-state index contributed by atoms with van der Waals surface area (Å²) >= 11 is 0. The maximum atomic E-state index is 11.9. The SMILES string of the molecule is C=CCN1C(=O)CO[C@@H]2CN(Cc3ccc(C)o3)C[C@H]21. The minimum atomic E-state index is 0.0573. The van der Waals surface area contributed by atoms with Gasteiger partial charge in [-0.3, -0.25) is 9.69 Å². The number of fused-ring (bicyclic) bond motifs is 1. The molecule has 5 heteroatoms. The lowest BCUT2D eigenvalue weighted by Gasteiger charge is -2.36. The summed E-state index contributed by atoms with van der Waals surface area (Å²) in [5.41, 5.74) is 0. The Bertz CT molecular complexity index is 511. The quantitative estimate of drug-likeness (QED) is 0.775. The monoisotopic (exact) mass is 276 g/mol. The third kappa shape index (κ3) is 2.51. The number of likely N-dealkylation sites (tertiary alicyclic amines) is 1. The third-order valence-corrected chi connectivity index (χ3v) is 3.96. The second kappa shape index (κ2) is 5.42. The molecule has 1 aromatic heterocycles. The zero-order valence-electron chi connectivity index (χ0n) is 11.7. The highest BCUT2D eigenvalue weighted by atomic mass is 16.5. The molecule has 20 heavy (non-hydrogen) atoms. The van der Waals surface area contributed by atoms with E-state index < -0.39 is 0 Å². The molecular weight excluding hydrogens is 256 g/mol. The van der Waals surface area contributed by atoms with E-state index in [1.807, 2.05) is 24.0 Å². The summed E-state index contributed by atoms with van der Waals surface area (Å²) in [4.78, 5) is 16.1. The van der Waals surface area contributed by atoms with E-state index in [1.54, 1.807) is 6.08 Å². The molecule has 0 radical (unpaired) electrons. The van der Waals surface area contributed by atoms with Crippen molar-refractivity contribution in [3.63, 3.8) is 0 Å². The van der Waals surface area contributed by atoms with Crippen molar-refractivity contribution in [1.82, 2.24) is 9.80 Å². The molecule has 2 aliphatic heterocycles. The van der Waals surface area contributed by atoms with Crippen LogP contribution in [-0.4, -0.2) is 54.1 Å². The Hall–Kier alpha value is -1.59. The standard InChI is InChI=1S/C15H20N2O3/c1-3-6-17-13-8-16(7-12-5-4-11(2)20-12)9-14(13)19-10-15(17)18/h3-5,13-14H,1,6-10H2,2H3/t13-,14-/m1/s1. The van der Waals surface area contributed by atoms with Crippen molar-refractivity contribution in [3.8, 4) is 0 Å². The molecule has 2 saturated heterocycles. The van der Waals surface area contributed by atoms with Gasteiger partial charge in [0, 0.05) is 19.6 Å². The Morgan fingerprint density at radius 1 is 1.45 bits per heavy atom. The fourth-order valence-electron chi connectivity index (χ4n) is 3.04. The van der Waals surface area contributed by atoms with Gasteiger partial charge in [-0.15, -0.1) is 6.58 Å². The number of amides is 1. The highest BCUT2D eigenvalue weighted by molar-refractivity contribution is 5.78. The predicted octanol–water partition coefficient (Wildman–Crippen LogP) is 1.19. The summed E-state index contributed by atoms with van der Waals surface area (Å²) in [5, 5.41) is 0. The Labute approximate surface area is 118 Å².